The molecule has 0 aliphatic carbocycles. The second-order valence-corrected chi connectivity index (χ2v) is 9.38. The fraction of sp³-hybridized carbons (Fsp3) is 0.273. The predicted octanol–water partition coefficient (Wildman–Crippen LogP) is 5.50. The molecule has 0 radical (unpaired) electrons. The number of rotatable bonds is 6. The van der Waals surface area contributed by atoms with Crippen molar-refractivity contribution in [2.24, 2.45) is 5.92 Å². The van der Waals surface area contributed by atoms with E-state index in [1.165, 1.54) is 4.57 Å². The smallest absolute Gasteiger partial charge is 0.332 e. The molecule has 2 aromatic carbocycles. The van der Waals surface area contributed by atoms with Crippen LogP contribution in [0, 0.1) is 5.92 Å². The molecular weight excluding hydrogens is 480 g/mol. The van der Waals surface area contributed by atoms with Crippen LogP contribution in [-0.4, -0.2) is 9.13 Å². The Labute approximate surface area is 199 Å². The monoisotopic (exact) mass is 499 g/mol. The van der Waals surface area contributed by atoms with Crippen molar-refractivity contribution in [3.05, 3.63) is 94.0 Å². The van der Waals surface area contributed by atoms with E-state index in [0.717, 1.165) is 4.57 Å². The highest BCUT2D eigenvalue weighted by atomic mass is 35.5. The van der Waals surface area contributed by atoms with Crippen molar-refractivity contribution in [1.29, 1.82) is 0 Å². The average Bonchev–Trinajstić information content (AvgIpc) is 2.68. The number of benzene rings is 2. The maximum atomic E-state index is 13.3. The Balaban J connectivity index is 2.19. The van der Waals surface area contributed by atoms with Crippen LogP contribution in [0.4, 0.5) is 5.82 Å². The van der Waals surface area contributed by atoms with Gasteiger partial charge in [-0.2, -0.15) is 0 Å². The van der Waals surface area contributed by atoms with Gasteiger partial charge in [0.15, 0.2) is 0 Å². The number of halogens is 4. The number of hydrogen-bond acceptors (Lipinski definition) is 3. The van der Waals surface area contributed by atoms with E-state index < -0.39 is 11.2 Å². The quantitative estimate of drug-likeness (QED) is 0.485. The molecule has 0 fully saturated rings. The molecule has 0 unspecified atom stereocenters. The lowest BCUT2D eigenvalue weighted by molar-refractivity contribution is 0.484. The number of nitrogens with zero attached hydrogens (tertiary/aromatic N) is 2. The molecule has 31 heavy (non-hydrogen) atoms. The number of aromatic nitrogens is 2. The third kappa shape index (κ3) is 5.29. The van der Waals surface area contributed by atoms with Gasteiger partial charge >= 0.3 is 5.69 Å². The van der Waals surface area contributed by atoms with E-state index in [9.17, 15) is 9.59 Å². The maximum Gasteiger partial charge on any atom is 0.332 e. The molecule has 164 valence electrons. The fourth-order valence-corrected chi connectivity index (χ4v) is 4.24. The van der Waals surface area contributed by atoms with Crippen LogP contribution in [0.25, 0.3) is 0 Å². The van der Waals surface area contributed by atoms with Gasteiger partial charge in [-0.15, -0.1) is 0 Å². The molecule has 5 nitrogen and oxygen atoms in total. The number of hydrogen-bond donors (Lipinski definition) is 1. The molecule has 1 aromatic heterocycles. The summed E-state index contributed by atoms with van der Waals surface area (Å²) in [6.07, 6.45) is 0.160. The summed E-state index contributed by atoms with van der Waals surface area (Å²) in [5.74, 6) is 0.269. The standard InChI is InChI=1S/C22H21Cl4N3O2/c1-12(2)10-28-20(27)17(7-13-3-5-15(23)8-18(13)25)21(30)29(22(28)31)11-14-4-6-16(24)9-19(14)26/h3-6,8-9,12H,7,10-11,27H2,1-2H3. The predicted molar refractivity (Wildman–Crippen MR) is 129 cm³/mol. The molecule has 0 aliphatic heterocycles. The van der Waals surface area contributed by atoms with Gasteiger partial charge in [0.2, 0.25) is 0 Å². The number of anilines is 1. The van der Waals surface area contributed by atoms with Crippen molar-refractivity contribution in [1.82, 2.24) is 9.13 Å². The Morgan fingerprint density at radius 1 is 0.871 bits per heavy atom. The molecule has 0 saturated carbocycles. The number of nitrogens with two attached hydrogens (primary N) is 1. The summed E-state index contributed by atoms with van der Waals surface area (Å²) in [5, 5.41) is 1.74. The average molecular weight is 501 g/mol. The molecule has 1 heterocycles. The van der Waals surface area contributed by atoms with Gasteiger partial charge in [-0.05, 0) is 41.3 Å². The van der Waals surface area contributed by atoms with E-state index in [-0.39, 0.29) is 30.3 Å². The molecule has 0 bridgehead atoms. The van der Waals surface area contributed by atoms with E-state index in [0.29, 0.717) is 37.8 Å². The molecular formula is C22H21Cl4N3O2. The zero-order chi connectivity index (χ0) is 22.9. The molecule has 0 aliphatic rings. The zero-order valence-corrected chi connectivity index (χ0v) is 20.0. The minimum atomic E-state index is -0.492. The van der Waals surface area contributed by atoms with Crippen LogP contribution in [0.1, 0.15) is 30.5 Å². The molecule has 9 heteroatoms. The fourth-order valence-electron chi connectivity index (χ4n) is 3.29. The molecule has 3 rings (SSSR count). The van der Waals surface area contributed by atoms with Gasteiger partial charge in [-0.3, -0.25) is 13.9 Å². The summed E-state index contributed by atoms with van der Waals surface area (Å²) in [6.45, 7) is 4.29. The second kappa shape index (κ2) is 9.70. The van der Waals surface area contributed by atoms with Crippen molar-refractivity contribution >= 4 is 52.2 Å². The minimum Gasteiger partial charge on any atom is -0.385 e. The molecule has 2 N–H and O–H groups in total. The number of nitrogen functional groups attached to an aromatic ring is 1. The lowest BCUT2D eigenvalue weighted by Gasteiger charge is -2.19. The van der Waals surface area contributed by atoms with Gasteiger partial charge in [-0.1, -0.05) is 72.4 Å². The summed E-state index contributed by atoms with van der Waals surface area (Å²) in [5.41, 5.74) is 6.90. The topological polar surface area (TPSA) is 70.0 Å². The van der Waals surface area contributed by atoms with Gasteiger partial charge in [0.25, 0.3) is 5.56 Å². The molecule has 0 atom stereocenters. The van der Waals surface area contributed by atoms with Crippen molar-refractivity contribution in [3.63, 3.8) is 0 Å². The van der Waals surface area contributed by atoms with Crippen molar-refractivity contribution in [3.8, 4) is 0 Å². The lowest BCUT2D eigenvalue weighted by atomic mass is 10.1. The molecule has 0 spiro atoms. The van der Waals surface area contributed by atoms with Crippen LogP contribution >= 0.6 is 46.4 Å². The first-order valence-electron chi connectivity index (χ1n) is 9.58. The van der Waals surface area contributed by atoms with Gasteiger partial charge in [0.05, 0.1) is 12.1 Å². The Morgan fingerprint density at radius 2 is 1.42 bits per heavy atom. The van der Waals surface area contributed by atoms with Crippen LogP contribution in [0.3, 0.4) is 0 Å². The van der Waals surface area contributed by atoms with Crippen LogP contribution in [0.5, 0.6) is 0 Å². The first-order valence-corrected chi connectivity index (χ1v) is 11.1. The Kier molecular flexibility index (Phi) is 7.43. The van der Waals surface area contributed by atoms with Gasteiger partial charge in [-0.25, -0.2) is 4.79 Å². The summed E-state index contributed by atoms with van der Waals surface area (Å²) in [7, 11) is 0. The highest BCUT2D eigenvalue weighted by Gasteiger charge is 2.20. The molecule has 3 aromatic rings. The van der Waals surface area contributed by atoms with E-state index in [1.807, 2.05) is 13.8 Å². The van der Waals surface area contributed by atoms with Crippen molar-refractivity contribution in [2.45, 2.75) is 33.4 Å². The summed E-state index contributed by atoms with van der Waals surface area (Å²) in [6, 6.07) is 9.95. The van der Waals surface area contributed by atoms with Gasteiger partial charge in [0.1, 0.15) is 5.82 Å². The minimum absolute atomic E-state index is 0.00655. The highest BCUT2D eigenvalue weighted by molar-refractivity contribution is 6.35. The third-order valence-electron chi connectivity index (χ3n) is 4.84. The van der Waals surface area contributed by atoms with Crippen LogP contribution in [0.2, 0.25) is 20.1 Å². The molecule has 0 saturated heterocycles. The van der Waals surface area contributed by atoms with E-state index in [2.05, 4.69) is 0 Å². The third-order valence-corrected chi connectivity index (χ3v) is 6.01. The largest absolute Gasteiger partial charge is 0.385 e. The maximum absolute atomic E-state index is 13.3. The second-order valence-electron chi connectivity index (χ2n) is 7.69. The van der Waals surface area contributed by atoms with Crippen LogP contribution < -0.4 is 17.0 Å². The van der Waals surface area contributed by atoms with E-state index >= 15 is 0 Å². The summed E-state index contributed by atoms with van der Waals surface area (Å²) >= 11 is 24.5. The van der Waals surface area contributed by atoms with Gasteiger partial charge < -0.3 is 5.73 Å². The van der Waals surface area contributed by atoms with Crippen molar-refractivity contribution < 1.29 is 0 Å². The lowest BCUT2D eigenvalue weighted by Crippen LogP contribution is -2.44. The van der Waals surface area contributed by atoms with E-state index in [1.54, 1.807) is 36.4 Å². The first kappa shape index (κ1) is 23.7. The normalized spacial score (nSPS) is 11.3. The highest BCUT2D eigenvalue weighted by Crippen LogP contribution is 2.25. The SMILES string of the molecule is CC(C)Cn1c(N)c(Cc2ccc(Cl)cc2Cl)c(=O)n(Cc2ccc(Cl)cc2Cl)c1=O. The first-order chi connectivity index (χ1) is 14.6. The molecule has 0 amide bonds. The summed E-state index contributed by atoms with van der Waals surface area (Å²) < 4.78 is 2.57. The summed E-state index contributed by atoms with van der Waals surface area (Å²) in [4.78, 5) is 26.5. The Morgan fingerprint density at radius 3 is 1.94 bits per heavy atom. The van der Waals surface area contributed by atoms with E-state index in [4.69, 9.17) is 52.1 Å². The zero-order valence-electron chi connectivity index (χ0n) is 17.0. The Hall–Kier alpha value is -1.92. The van der Waals surface area contributed by atoms with Gasteiger partial charge in [0, 0.05) is 33.1 Å². The van der Waals surface area contributed by atoms with Crippen LogP contribution in [0.15, 0.2) is 46.0 Å². The van der Waals surface area contributed by atoms with Crippen LogP contribution in [-0.2, 0) is 19.5 Å². The Bertz CT molecular complexity index is 1250. The van der Waals surface area contributed by atoms with Crippen molar-refractivity contribution in [2.75, 3.05) is 5.73 Å².